The van der Waals surface area contributed by atoms with Crippen molar-refractivity contribution in [3.8, 4) is 0 Å². The van der Waals surface area contributed by atoms with Crippen molar-refractivity contribution in [2.75, 3.05) is 12.4 Å². The number of thiophene rings is 1. The van der Waals surface area contributed by atoms with Gasteiger partial charge < -0.3 is 10.1 Å². The first-order valence-electron chi connectivity index (χ1n) is 7.92. The fourth-order valence-electron chi connectivity index (χ4n) is 2.44. The number of anilines is 1. The molecule has 2 aromatic heterocycles. The van der Waals surface area contributed by atoms with Crippen molar-refractivity contribution in [3.05, 3.63) is 46.1 Å². The van der Waals surface area contributed by atoms with Gasteiger partial charge >= 0.3 is 5.97 Å². The van der Waals surface area contributed by atoms with Crippen molar-refractivity contribution >= 4 is 28.2 Å². The highest BCUT2D eigenvalue weighted by Crippen LogP contribution is 2.32. The third-order valence-electron chi connectivity index (χ3n) is 3.85. The van der Waals surface area contributed by atoms with Gasteiger partial charge in [-0.25, -0.2) is 4.79 Å². The standard InChI is InChI=1S/C18H22N2O3S/c1-5-6-14-7-9-20(10-8-14)11-15(21)19-17-16(18(22)23-4)12(2)13(3)24-17/h7-10H,5-6,11H2,1-4H3/p+1. The molecule has 2 rings (SSSR count). The minimum Gasteiger partial charge on any atom is -0.465 e. The van der Waals surface area contributed by atoms with Crippen LogP contribution in [0.1, 0.15) is 39.7 Å². The quantitative estimate of drug-likeness (QED) is 0.645. The molecule has 24 heavy (non-hydrogen) atoms. The number of rotatable bonds is 6. The summed E-state index contributed by atoms with van der Waals surface area (Å²) in [5, 5.41) is 3.38. The van der Waals surface area contributed by atoms with Gasteiger partial charge in [-0.3, -0.25) is 4.79 Å². The highest BCUT2D eigenvalue weighted by atomic mass is 32.1. The summed E-state index contributed by atoms with van der Waals surface area (Å²) in [5.74, 6) is -0.599. The van der Waals surface area contributed by atoms with Crippen LogP contribution in [-0.2, 0) is 22.5 Å². The Morgan fingerprint density at radius 1 is 1.25 bits per heavy atom. The summed E-state index contributed by atoms with van der Waals surface area (Å²) in [6.45, 7) is 6.11. The smallest absolute Gasteiger partial charge is 0.341 e. The van der Waals surface area contributed by atoms with Crippen molar-refractivity contribution in [3.63, 3.8) is 0 Å². The Morgan fingerprint density at radius 2 is 1.92 bits per heavy atom. The normalized spacial score (nSPS) is 10.5. The van der Waals surface area contributed by atoms with Crippen molar-refractivity contribution in [1.29, 1.82) is 0 Å². The topological polar surface area (TPSA) is 59.3 Å². The van der Waals surface area contributed by atoms with Crippen LogP contribution in [0.5, 0.6) is 0 Å². The van der Waals surface area contributed by atoms with Gasteiger partial charge in [-0.1, -0.05) is 13.3 Å². The number of hydrogen-bond acceptors (Lipinski definition) is 4. The van der Waals surface area contributed by atoms with Crippen molar-refractivity contribution < 1.29 is 18.9 Å². The Balaban J connectivity index is 2.10. The van der Waals surface area contributed by atoms with Crippen LogP contribution in [0.3, 0.4) is 0 Å². The van der Waals surface area contributed by atoms with Gasteiger partial charge in [0.25, 0.3) is 5.91 Å². The van der Waals surface area contributed by atoms with E-state index < -0.39 is 5.97 Å². The van der Waals surface area contributed by atoms with Crippen LogP contribution in [0.15, 0.2) is 24.5 Å². The summed E-state index contributed by atoms with van der Waals surface area (Å²) >= 11 is 1.39. The zero-order valence-electron chi connectivity index (χ0n) is 14.5. The largest absolute Gasteiger partial charge is 0.465 e. The summed E-state index contributed by atoms with van der Waals surface area (Å²) in [6.07, 6.45) is 5.93. The van der Waals surface area contributed by atoms with Crippen LogP contribution in [0, 0.1) is 13.8 Å². The molecule has 0 radical (unpaired) electrons. The average Bonchev–Trinajstić information content (AvgIpc) is 2.83. The van der Waals surface area contributed by atoms with Gasteiger partial charge in [-0.2, -0.15) is 4.57 Å². The number of ether oxygens (including phenoxy) is 1. The highest BCUT2D eigenvalue weighted by molar-refractivity contribution is 7.16. The van der Waals surface area contributed by atoms with Crippen molar-refractivity contribution in [2.24, 2.45) is 0 Å². The summed E-state index contributed by atoms with van der Waals surface area (Å²) in [7, 11) is 1.34. The first-order chi connectivity index (χ1) is 11.5. The van der Waals surface area contributed by atoms with E-state index in [1.807, 2.05) is 42.9 Å². The molecule has 0 saturated carbocycles. The third kappa shape index (κ3) is 4.20. The first-order valence-corrected chi connectivity index (χ1v) is 8.74. The van der Waals surface area contributed by atoms with Crippen LogP contribution < -0.4 is 9.88 Å². The van der Waals surface area contributed by atoms with Gasteiger partial charge in [0.2, 0.25) is 6.54 Å². The molecule has 0 aliphatic carbocycles. The number of hydrogen-bond donors (Lipinski definition) is 1. The van der Waals surface area contributed by atoms with Crippen molar-refractivity contribution in [2.45, 2.75) is 40.2 Å². The van der Waals surface area contributed by atoms with E-state index in [-0.39, 0.29) is 12.5 Å². The lowest BCUT2D eigenvalue weighted by Crippen LogP contribution is -2.39. The van der Waals surface area contributed by atoms with Crippen LogP contribution in [0.4, 0.5) is 5.00 Å². The van der Waals surface area contributed by atoms with E-state index in [9.17, 15) is 9.59 Å². The van der Waals surface area contributed by atoms with E-state index >= 15 is 0 Å². The molecule has 2 aromatic rings. The van der Waals surface area contributed by atoms with Gasteiger partial charge in [-0.15, -0.1) is 11.3 Å². The monoisotopic (exact) mass is 347 g/mol. The second-order valence-corrected chi connectivity index (χ2v) is 6.88. The number of aryl methyl sites for hydroxylation is 2. The zero-order valence-corrected chi connectivity index (χ0v) is 15.3. The number of pyridine rings is 1. The molecular weight excluding hydrogens is 324 g/mol. The summed E-state index contributed by atoms with van der Waals surface area (Å²) < 4.78 is 6.64. The lowest BCUT2D eigenvalue weighted by atomic mass is 10.1. The zero-order chi connectivity index (χ0) is 17.7. The number of carbonyl (C=O) groups is 2. The Hall–Kier alpha value is -2.21. The molecule has 0 aliphatic heterocycles. The average molecular weight is 347 g/mol. The summed E-state index contributed by atoms with van der Waals surface area (Å²) in [5.41, 5.74) is 2.54. The van der Waals surface area contributed by atoms with E-state index in [1.54, 1.807) is 0 Å². The maximum atomic E-state index is 12.3. The molecule has 0 bridgehead atoms. The molecule has 0 saturated heterocycles. The number of esters is 1. The van der Waals surface area contributed by atoms with E-state index in [0.29, 0.717) is 10.6 Å². The van der Waals surface area contributed by atoms with Gasteiger partial charge in [-0.05, 0) is 31.4 Å². The molecule has 5 nitrogen and oxygen atoms in total. The predicted octanol–water partition coefficient (Wildman–Crippen LogP) is 3.03. The number of aromatic nitrogens is 1. The molecule has 2 heterocycles. The molecule has 0 spiro atoms. The maximum absolute atomic E-state index is 12.3. The molecule has 0 fully saturated rings. The van der Waals surface area contributed by atoms with Gasteiger partial charge in [0.1, 0.15) is 5.00 Å². The molecule has 1 N–H and O–H groups in total. The van der Waals surface area contributed by atoms with Crippen LogP contribution in [0.25, 0.3) is 0 Å². The summed E-state index contributed by atoms with van der Waals surface area (Å²) in [4.78, 5) is 25.2. The summed E-state index contributed by atoms with van der Waals surface area (Å²) in [6, 6.07) is 4.05. The Kier molecular flexibility index (Phi) is 6.09. The molecule has 0 aliphatic rings. The molecule has 128 valence electrons. The molecule has 0 aromatic carbocycles. The van der Waals surface area contributed by atoms with Gasteiger partial charge in [0.15, 0.2) is 12.4 Å². The third-order valence-corrected chi connectivity index (χ3v) is 4.98. The second kappa shape index (κ2) is 8.06. The minimum atomic E-state index is -0.427. The van der Waals surface area contributed by atoms with Crippen LogP contribution in [0.2, 0.25) is 0 Å². The predicted molar refractivity (Wildman–Crippen MR) is 94.4 cm³/mol. The van der Waals surface area contributed by atoms with E-state index in [1.165, 1.54) is 24.0 Å². The Bertz CT molecular complexity index is 735. The minimum absolute atomic E-state index is 0.172. The highest BCUT2D eigenvalue weighted by Gasteiger charge is 2.22. The Labute approximate surface area is 146 Å². The molecular formula is C18H23N2O3S+. The number of amides is 1. The lowest BCUT2D eigenvalue weighted by molar-refractivity contribution is -0.684. The van der Waals surface area contributed by atoms with Gasteiger partial charge in [0.05, 0.1) is 12.7 Å². The van der Waals surface area contributed by atoms with E-state index in [2.05, 4.69) is 12.2 Å². The molecule has 6 heteroatoms. The molecule has 0 unspecified atom stereocenters. The SMILES string of the molecule is CCCc1cc[n+](CC(=O)Nc2sc(C)c(C)c2C(=O)OC)cc1. The fraction of sp³-hybridized carbons (Fsp3) is 0.389. The van der Waals surface area contributed by atoms with Gasteiger partial charge in [0, 0.05) is 17.0 Å². The fourth-order valence-corrected chi connectivity index (χ4v) is 3.51. The lowest BCUT2D eigenvalue weighted by Gasteiger charge is -2.05. The van der Waals surface area contributed by atoms with E-state index in [0.717, 1.165) is 23.3 Å². The van der Waals surface area contributed by atoms with Crippen LogP contribution >= 0.6 is 11.3 Å². The molecule has 1 amide bonds. The number of carbonyl (C=O) groups excluding carboxylic acids is 2. The number of nitrogens with one attached hydrogen (secondary N) is 1. The second-order valence-electron chi connectivity index (χ2n) is 5.66. The first kappa shape index (κ1) is 18.1. The molecule has 0 atom stereocenters. The number of nitrogens with zero attached hydrogens (tertiary/aromatic N) is 1. The Morgan fingerprint density at radius 3 is 2.50 bits per heavy atom. The number of methoxy groups -OCH3 is 1. The van der Waals surface area contributed by atoms with E-state index in [4.69, 9.17) is 4.74 Å². The van der Waals surface area contributed by atoms with Crippen LogP contribution in [-0.4, -0.2) is 19.0 Å². The van der Waals surface area contributed by atoms with Crippen molar-refractivity contribution in [1.82, 2.24) is 0 Å². The maximum Gasteiger partial charge on any atom is 0.341 e.